The zero-order chi connectivity index (χ0) is 12.3. The van der Waals surface area contributed by atoms with Crippen LogP contribution < -0.4 is 10.5 Å². The normalized spacial score (nSPS) is 10.5. The number of benzene rings is 1. The van der Waals surface area contributed by atoms with Crippen LogP contribution in [0, 0.1) is 0 Å². The number of para-hydroxylation sites is 1. The van der Waals surface area contributed by atoms with Crippen molar-refractivity contribution in [1.82, 2.24) is 9.78 Å². The number of halogens is 1. The van der Waals surface area contributed by atoms with Crippen molar-refractivity contribution in [3.63, 3.8) is 0 Å². The molecule has 0 unspecified atom stereocenters. The molecule has 4 nitrogen and oxygen atoms in total. The molecule has 0 aliphatic rings. The Bertz CT molecular complexity index is 491. The first kappa shape index (κ1) is 12.0. The number of aryl methyl sites for hydroxylation is 1. The largest absolute Gasteiger partial charge is 0.492 e. The van der Waals surface area contributed by atoms with Crippen molar-refractivity contribution in [3.05, 3.63) is 35.5 Å². The van der Waals surface area contributed by atoms with Crippen LogP contribution in [0.4, 0.5) is 0 Å². The van der Waals surface area contributed by atoms with Crippen LogP contribution in [0.25, 0.3) is 11.3 Å². The molecule has 0 aliphatic carbocycles. The van der Waals surface area contributed by atoms with Gasteiger partial charge in [-0.15, -0.1) is 0 Å². The molecule has 0 bridgehead atoms. The summed E-state index contributed by atoms with van der Waals surface area (Å²) in [7, 11) is 1.85. The van der Waals surface area contributed by atoms with Gasteiger partial charge in [-0.2, -0.15) is 5.10 Å². The molecule has 2 rings (SSSR count). The van der Waals surface area contributed by atoms with Crippen molar-refractivity contribution in [1.29, 1.82) is 0 Å². The molecule has 2 N–H and O–H groups in total. The number of rotatable bonds is 4. The number of hydrogen-bond acceptors (Lipinski definition) is 3. The van der Waals surface area contributed by atoms with E-state index in [9.17, 15) is 0 Å². The number of aromatic nitrogens is 2. The summed E-state index contributed by atoms with van der Waals surface area (Å²) in [4.78, 5) is 0. The number of nitrogens with two attached hydrogens (primary N) is 1. The average molecular weight is 252 g/mol. The second-order valence-electron chi connectivity index (χ2n) is 3.60. The predicted molar refractivity (Wildman–Crippen MR) is 68.2 cm³/mol. The van der Waals surface area contributed by atoms with Crippen LogP contribution >= 0.6 is 11.6 Å². The minimum Gasteiger partial charge on any atom is -0.492 e. The molecule has 0 saturated carbocycles. The van der Waals surface area contributed by atoms with Crippen LogP contribution in [0.15, 0.2) is 30.5 Å². The summed E-state index contributed by atoms with van der Waals surface area (Å²) in [5.74, 6) is 0.767. The summed E-state index contributed by atoms with van der Waals surface area (Å²) in [5.41, 5.74) is 7.21. The molecule has 0 aliphatic heterocycles. The molecule has 5 heteroatoms. The Morgan fingerprint density at radius 1 is 1.41 bits per heavy atom. The van der Waals surface area contributed by atoms with E-state index in [0.29, 0.717) is 18.2 Å². The summed E-state index contributed by atoms with van der Waals surface area (Å²) in [6.45, 7) is 0.958. The van der Waals surface area contributed by atoms with Crippen LogP contribution in [0.2, 0.25) is 5.02 Å². The molecule has 0 fully saturated rings. The SMILES string of the molecule is Cn1ncc(Cl)c1-c1ccccc1OCCN. The quantitative estimate of drug-likeness (QED) is 0.905. The molecule has 1 aromatic carbocycles. The minimum atomic E-state index is 0.479. The average Bonchev–Trinajstić information content (AvgIpc) is 2.67. The highest BCUT2D eigenvalue weighted by atomic mass is 35.5. The van der Waals surface area contributed by atoms with Crippen LogP contribution in [0.5, 0.6) is 5.75 Å². The van der Waals surface area contributed by atoms with Crippen LogP contribution in [-0.4, -0.2) is 22.9 Å². The zero-order valence-corrected chi connectivity index (χ0v) is 10.3. The maximum absolute atomic E-state index is 6.12. The zero-order valence-electron chi connectivity index (χ0n) is 9.56. The predicted octanol–water partition coefficient (Wildman–Crippen LogP) is 2.08. The van der Waals surface area contributed by atoms with E-state index in [-0.39, 0.29) is 0 Å². The molecule has 0 radical (unpaired) electrons. The van der Waals surface area contributed by atoms with E-state index >= 15 is 0 Å². The van der Waals surface area contributed by atoms with Gasteiger partial charge in [-0.1, -0.05) is 23.7 Å². The fourth-order valence-electron chi connectivity index (χ4n) is 1.67. The Morgan fingerprint density at radius 2 is 2.18 bits per heavy atom. The van der Waals surface area contributed by atoms with Crippen LogP contribution in [0.3, 0.4) is 0 Å². The molecule has 1 heterocycles. The highest BCUT2D eigenvalue weighted by Crippen LogP contribution is 2.34. The second kappa shape index (κ2) is 5.21. The minimum absolute atomic E-state index is 0.479. The van der Waals surface area contributed by atoms with Gasteiger partial charge in [0, 0.05) is 19.2 Å². The standard InChI is InChI=1S/C12H14ClN3O/c1-16-12(10(13)8-15-16)9-4-2-3-5-11(9)17-7-6-14/h2-5,8H,6-7,14H2,1H3. The Labute approximate surface area is 105 Å². The highest BCUT2D eigenvalue weighted by Gasteiger charge is 2.13. The first-order valence-electron chi connectivity index (χ1n) is 5.34. The molecular weight excluding hydrogens is 238 g/mol. The fourth-order valence-corrected chi connectivity index (χ4v) is 1.94. The molecule has 17 heavy (non-hydrogen) atoms. The van der Waals surface area contributed by atoms with Gasteiger partial charge >= 0.3 is 0 Å². The Kier molecular flexibility index (Phi) is 3.66. The molecule has 0 saturated heterocycles. The lowest BCUT2D eigenvalue weighted by Gasteiger charge is -2.11. The van der Waals surface area contributed by atoms with Gasteiger partial charge in [0.1, 0.15) is 12.4 Å². The van der Waals surface area contributed by atoms with Crippen molar-refractivity contribution in [2.24, 2.45) is 12.8 Å². The van der Waals surface area contributed by atoms with Gasteiger partial charge in [-0.3, -0.25) is 4.68 Å². The fraction of sp³-hybridized carbons (Fsp3) is 0.250. The van der Waals surface area contributed by atoms with Gasteiger partial charge in [0.25, 0.3) is 0 Å². The molecule has 0 amide bonds. The van der Waals surface area contributed by atoms with E-state index < -0.39 is 0 Å². The summed E-state index contributed by atoms with van der Waals surface area (Å²) < 4.78 is 7.32. The van der Waals surface area contributed by atoms with Gasteiger partial charge < -0.3 is 10.5 Å². The first-order chi connectivity index (χ1) is 8.24. The lowest BCUT2D eigenvalue weighted by Crippen LogP contribution is -2.11. The highest BCUT2D eigenvalue weighted by molar-refractivity contribution is 6.33. The van der Waals surface area contributed by atoms with Crippen molar-refractivity contribution >= 4 is 11.6 Å². The van der Waals surface area contributed by atoms with Gasteiger partial charge in [0.2, 0.25) is 0 Å². The molecule has 90 valence electrons. The topological polar surface area (TPSA) is 53.1 Å². The molecule has 0 atom stereocenters. The van der Waals surface area contributed by atoms with E-state index in [1.807, 2.05) is 31.3 Å². The third-order valence-corrected chi connectivity index (χ3v) is 2.69. The van der Waals surface area contributed by atoms with Gasteiger partial charge in [0.05, 0.1) is 16.9 Å². The summed E-state index contributed by atoms with van der Waals surface area (Å²) in [6.07, 6.45) is 1.62. The lowest BCUT2D eigenvalue weighted by atomic mass is 10.1. The third-order valence-electron chi connectivity index (χ3n) is 2.41. The molecule has 0 spiro atoms. The second-order valence-corrected chi connectivity index (χ2v) is 4.01. The first-order valence-corrected chi connectivity index (χ1v) is 5.71. The number of nitrogens with zero attached hydrogens (tertiary/aromatic N) is 2. The van der Waals surface area contributed by atoms with Gasteiger partial charge in [-0.25, -0.2) is 0 Å². The molecular formula is C12H14ClN3O. The van der Waals surface area contributed by atoms with E-state index in [4.69, 9.17) is 22.1 Å². The lowest BCUT2D eigenvalue weighted by molar-refractivity contribution is 0.329. The summed E-state index contributed by atoms with van der Waals surface area (Å²) >= 11 is 6.12. The molecule has 2 aromatic rings. The maximum atomic E-state index is 6.12. The van der Waals surface area contributed by atoms with E-state index in [0.717, 1.165) is 17.0 Å². The van der Waals surface area contributed by atoms with Crippen molar-refractivity contribution in [2.45, 2.75) is 0 Å². The van der Waals surface area contributed by atoms with Gasteiger partial charge in [-0.05, 0) is 12.1 Å². The summed E-state index contributed by atoms with van der Waals surface area (Å²) in [5, 5.41) is 4.73. The van der Waals surface area contributed by atoms with E-state index in [1.54, 1.807) is 10.9 Å². The van der Waals surface area contributed by atoms with Gasteiger partial charge in [0.15, 0.2) is 0 Å². The van der Waals surface area contributed by atoms with Crippen LogP contribution in [-0.2, 0) is 7.05 Å². The van der Waals surface area contributed by atoms with Crippen LogP contribution in [0.1, 0.15) is 0 Å². The molecule has 1 aromatic heterocycles. The van der Waals surface area contributed by atoms with Crippen molar-refractivity contribution in [3.8, 4) is 17.0 Å². The Morgan fingerprint density at radius 3 is 2.82 bits per heavy atom. The number of hydrogen-bond donors (Lipinski definition) is 1. The Balaban J connectivity index is 2.44. The van der Waals surface area contributed by atoms with E-state index in [1.165, 1.54) is 0 Å². The van der Waals surface area contributed by atoms with Crippen molar-refractivity contribution in [2.75, 3.05) is 13.2 Å². The Hall–Kier alpha value is -1.52. The number of ether oxygens (including phenoxy) is 1. The maximum Gasteiger partial charge on any atom is 0.128 e. The summed E-state index contributed by atoms with van der Waals surface area (Å²) in [6, 6.07) is 7.71. The van der Waals surface area contributed by atoms with Crippen molar-refractivity contribution < 1.29 is 4.74 Å². The monoisotopic (exact) mass is 251 g/mol. The van der Waals surface area contributed by atoms with E-state index in [2.05, 4.69) is 5.10 Å². The smallest absolute Gasteiger partial charge is 0.128 e. The third kappa shape index (κ3) is 2.43.